The molecule has 1 aromatic carbocycles. The number of hydrogen-bond donors (Lipinski definition) is 3. The van der Waals surface area contributed by atoms with Gasteiger partial charge in [-0.3, -0.25) is 4.99 Å². The summed E-state index contributed by atoms with van der Waals surface area (Å²) < 4.78 is 5.21. The second kappa shape index (κ2) is 12.7. The van der Waals surface area contributed by atoms with E-state index in [1.807, 2.05) is 45.9 Å². The molecule has 0 spiro atoms. The number of aliphatic imine (C=N–C) groups is 1. The quantitative estimate of drug-likeness (QED) is 0.209. The minimum Gasteiger partial charge on any atom is -0.444 e. The van der Waals surface area contributed by atoms with E-state index in [0.717, 1.165) is 28.6 Å². The third kappa shape index (κ3) is 9.29. The number of hydrogen-bond acceptors (Lipinski definition) is 5. The predicted molar refractivity (Wildman–Crippen MR) is 135 cm³/mol. The molecule has 30 heavy (non-hydrogen) atoms. The third-order valence-electron chi connectivity index (χ3n) is 3.87. The minimum atomic E-state index is -0.483. The number of carbonyl (C=O) groups is 1. The van der Waals surface area contributed by atoms with E-state index in [0.29, 0.717) is 19.6 Å². The topological polar surface area (TPSA) is 87.6 Å². The van der Waals surface area contributed by atoms with Gasteiger partial charge >= 0.3 is 6.09 Å². The zero-order valence-corrected chi connectivity index (χ0v) is 21.4. The second-order valence-electron chi connectivity index (χ2n) is 7.53. The number of aryl methyl sites for hydroxylation is 1. The van der Waals surface area contributed by atoms with Crippen molar-refractivity contribution >= 4 is 47.4 Å². The highest BCUT2D eigenvalue weighted by Gasteiger charge is 2.15. The number of guanidine groups is 1. The fourth-order valence-corrected chi connectivity index (χ4v) is 3.49. The molecule has 0 unspecified atom stereocenters. The van der Waals surface area contributed by atoms with Gasteiger partial charge in [0.05, 0.1) is 12.2 Å². The van der Waals surface area contributed by atoms with Crippen LogP contribution in [-0.4, -0.2) is 42.8 Å². The molecule has 7 nitrogen and oxygen atoms in total. The van der Waals surface area contributed by atoms with Crippen LogP contribution in [0.25, 0.3) is 10.6 Å². The molecule has 1 aromatic heterocycles. The Labute approximate surface area is 200 Å². The van der Waals surface area contributed by atoms with E-state index < -0.39 is 11.7 Å². The van der Waals surface area contributed by atoms with Crippen LogP contribution in [0.1, 0.15) is 37.8 Å². The fourth-order valence-electron chi connectivity index (χ4n) is 2.48. The third-order valence-corrected chi connectivity index (χ3v) is 5.07. The van der Waals surface area contributed by atoms with Crippen molar-refractivity contribution in [2.75, 3.05) is 20.1 Å². The summed E-state index contributed by atoms with van der Waals surface area (Å²) in [4.78, 5) is 21.7. The molecular formula is C21H32IN5O2S. The van der Waals surface area contributed by atoms with E-state index in [-0.39, 0.29) is 24.0 Å². The Kier molecular flexibility index (Phi) is 11.1. The largest absolute Gasteiger partial charge is 0.444 e. The van der Waals surface area contributed by atoms with E-state index in [1.165, 1.54) is 4.88 Å². The van der Waals surface area contributed by atoms with Gasteiger partial charge in [0.15, 0.2) is 5.96 Å². The molecule has 0 fully saturated rings. The fraction of sp³-hybridized carbons (Fsp3) is 0.476. The smallest absolute Gasteiger partial charge is 0.407 e. The van der Waals surface area contributed by atoms with Crippen molar-refractivity contribution in [1.82, 2.24) is 20.9 Å². The normalized spacial score (nSPS) is 11.4. The lowest BCUT2D eigenvalue weighted by Gasteiger charge is -2.19. The summed E-state index contributed by atoms with van der Waals surface area (Å²) in [6.07, 6.45) is 0.368. The van der Waals surface area contributed by atoms with Crippen molar-refractivity contribution in [2.24, 2.45) is 4.99 Å². The summed E-state index contributed by atoms with van der Waals surface area (Å²) in [5.41, 5.74) is 1.67. The number of aromatic nitrogens is 1. The molecule has 0 aliphatic heterocycles. The molecule has 2 rings (SSSR count). The number of ether oxygens (including phenoxy) is 1. The first-order valence-electron chi connectivity index (χ1n) is 9.71. The summed E-state index contributed by atoms with van der Waals surface area (Å²) in [6.45, 7) is 9.44. The van der Waals surface area contributed by atoms with Gasteiger partial charge in [-0.25, -0.2) is 9.78 Å². The Balaban J connectivity index is 0.00000450. The SMILES string of the molecule is CN=C(NCCCNC(=O)OC(C)(C)C)NCc1sc(-c2ccccc2)nc1C.I. The van der Waals surface area contributed by atoms with Crippen LogP contribution < -0.4 is 16.0 Å². The summed E-state index contributed by atoms with van der Waals surface area (Å²) in [7, 11) is 1.74. The molecule has 166 valence electrons. The van der Waals surface area contributed by atoms with E-state index in [1.54, 1.807) is 18.4 Å². The van der Waals surface area contributed by atoms with Gasteiger partial charge in [-0.15, -0.1) is 35.3 Å². The first-order valence-corrected chi connectivity index (χ1v) is 10.5. The zero-order valence-electron chi connectivity index (χ0n) is 18.2. The maximum Gasteiger partial charge on any atom is 0.407 e. The van der Waals surface area contributed by atoms with Crippen molar-refractivity contribution in [1.29, 1.82) is 0 Å². The summed E-state index contributed by atoms with van der Waals surface area (Å²) >= 11 is 1.69. The Morgan fingerprint density at radius 1 is 1.13 bits per heavy atom. The number of nitrogens with zero attached hydrogens (tertiary/aromatic N) is 2. The lowest BCUT2D eigenvalue weighted by molar-refractivity contribution is 0.0527. The van der Waals surface area contributed by atoms with Crippen LogP contribution in [-0.2, 0) is 11.3 Å². The summed E-state index contributed by atoms with van der Waals surface area (Å²) in [5, 5.41) is 10.3. The van der Waals surface area contributed by atoms with Crippen LogP contribution in [0.5, 0.6) is 0 Å². The van der Waals surface area contributed by atoms with Crippen LogP contribution in [0.4, 0.5) is 4.79 Å². The van der Waals surface area contributed by atoms with Crippen LogP contribution in [0.2, 0.25) is 0 Å². The van der Waals surface area contributed by atoms with Crippen LogP contribution in [0.3, 0.4) is 0 Å². The van der Waals surface area contributed by atoms with Crippen molar-refractivity contribution in [3.8, 4) is 10.6 Å². The molecule has 1 amide bonds. The van der Waals surface area contributed by atoms with Crippen molar-refractivity contribution in [3.05, 3.63) is 40.9 Å². The van der Waals surface area contributed by atoms with Gasteiger partial charge in [-0.1, -0.05) is 30.3 Å². The molecule has 0 atom stereocenters. The van der Waals surface area contributed by atoms with Crippen molar-refractivity contribution in [3.63, 3.8) is 0 Å². The number of amides is 1. The molecule has 9 heteroatoms. The standard InChI is InChI=1S/C21H31N5O2S.HI/c1-15-17(29-18(26-15)16-10-7-6-8-11-16)14-25-19(22-5)23-12-9-13-24-20(27)28-21(2,3)4;/h6-8,10-11H,9,12-14H2,1-5H3,(H,24,27)(H2,22,23,25);1H. The van der Waals surface area contributed by atoms with E-state index >= 15 is 0 Å². The Hall–Kier alpha value is -1.88. The number of nitrogens with one attached hydrogen (secondary N) is 3. The van der Waals surface area contributed by atoms with Gasteiger partial charge in [-0.2, -0.15) is 0 Å². The highest BCUT2D eigenvalue weighted by molar-refractivity contribution is 14.0. The van der Waals surface area contributed by atoms with E-state index in [9.17, 15) is 4.79 Å². The van der Waals surface area contributed by atoms with Crippen LogP contribution >= 0.6 is 35.3 Å². The van der Waals surface area contributed by atoms with Gasteiger partial charge in [0.2, 0.25) is 0 Å². The lowest BCUT2D eigenvalue weighted by Crippen LogP contribution is -2.39. The average molecular weight is 545 g/mol. The molecule has 0 saturated heterocycles. The summed E-state index contributed by atoms with van der Waals surface area (Å²) in [5.74, 6) is 0.719. The molecule has 0 saturated carbocycles. The van der Waals surface area contributed by atoms with Gasteiger partial charge < -0.3 is 20.7 Å². The van der Waals surface area contributed by atoms with Crippen LogP contribution in [0.15, 0.2) is 35.3 Å². The average Bonchev–Trinajstić information content (AvgIpc) is 3.04. The minimum absolute atomic E-state index is 0. The molecular weight excluding hydrogens is 513 g/mol. The first kappa shape index (κ1) is 26.2. The lowest BCUT2D eigenvalue weighted by atomic mass is 10.2. The first-order chi connectivity index (χ1) is 13.8. The zero-order chi connectivity index (χ0) is 21.3. The Bertz CT molecular complexity index is 819. The molecule has 0 aliphatic rings. The molecule has 3 N–H and O–H groups in total. The number of alkyl carbamates (subject to hydrolysis) is 1. The maximum atomic E-state index is 11.6. The number of thiazole rings is 1. The van der Waals surface area contributed by atoms with E-state index in [4.69, 9.17) is 4.74 Å². The van der Waals surface area contributed by atoms with Crippen molar-refractivity contribution in [2.45, 2.75) is 46.3 Å². The van der Waals surface area contributed by atoms with Crippen molar-refractivity contribution < 1.29 is 9.53 Å². The van der Waals surface area contributed by atoms with E-state index in [2.05, 4.69) is 38.1 Å². The van der Waals surface area contributed by atoms with Gasteiger partial charge in [0.25, 0.3) is 0 Å². The monoisotopic (exact) mass is 545 g/mol. The second-order valence-corrected chi connectivity index (χ2v) is 8.61. The Morgan fingerprint density at radius 3 is 2.43 bits per heavy atom. The van der Waals surface area contributed by atoms with Gasteiger partial charge in [0.1, 0.15) is 10.6 Å². The number of halogens is 1. The molecule has 0 radical (unpaired) electrons. The highest BCUT2D eigenvalue weighted by Crippen LogP contribution is 2.27. The maximum absolute atomic E-state index is 11.6. The highest BCUT2D eigenvalue weighted by atomic mass is 127. The number of rotatable bonds is 7. The molecule has 1 heterocycles. The van der Waals surface area contributed by atoms with Gasteiger partial charge in [-0.05, 0) is 34.1 Å². The molecule has 2 aromatic rings. The predicted octanol–water partition coefficient (Wildman–Crippen LogP) is 4.32. The molecule has 0 bridgehead atoms. The van der Waals surface area contributed by atoms with Gasteiger partial charge in [0, 0.05) is 30.6 Å². The number of carbonyl (C=O) groups excluding carboxylic acids is 1. The number of benzene rings is 1. The summed E-state index contributed by atoms with van der Waals surface area (Å²) in [6, 6.07) is 10.2. The van der Waals surface area contributed by atoms with Crippen LogP contribution in [0, 0.1) is 6.92 Å². The molecule has 0 aliphatic carbocycles. The Morgan fingerprint density at radius 2 is 1.80 bits per heavy atom.